The summed E-state index contributed by atoms with van der Waals surface area (Å²) in [5, 5.41) is 0. The van der Waals surface area contributed by atoms with Gasteiger partial charge in [0.05, 0.1) is 49.2 Å². The van der Waals surface area contributed by atoms with Crippen molar-refractivity contribution in [2.45, 2.75) is 31.2 Å². The Morgan fingerprint density at radius 1 is 0.583 bits per heavy atom. The van der Waals surface area contributed by atoms with Gasteiger partial charge in [-0.3, -0.25) is 4.79 Å². The summed E-state index contributed by atoms with van der Waals surface area (Å²) in [7, 11) is 3.99. The van der Waals surface area contributed by atoms with Crippen molar-refractivity contribution in [3.05, 3.63) is 121 Å². The van der Waals surface area contributed by atoms with Crippen LogP contribution in [0.4, 0.5) is 0 Å². The van der Waals surface area contributed by atoms with Crippen molar-refractivity contribution < 1.29 is 80.2 Å². The molecule has 3 aromatic carbocycles. The molecule has 1 aliphatic carbocycles. The van der Waals surface area contributed by atoms with Crippen molar-refractivity contribution in [3.8, 4) is 34.5 Å². The second-order valence-corrected chi connectivity index (χ2v) is 12.8. The molecule has 2 aromatic heterocycles. The lowest BCUT2D eigenvalue weighted by atomic mass is 9.82. The molecule has 17 nitrogen and oxygen atoms in total. The molecule has 2 unspecified atom stereocenters. The van der Waals surface area contributed by atoms with Gasteiger partial charge in [-0.15, -0.1) is 0 Å². The van der Waals surface area contributed by atoms with E-state index in [2.05, 4.69) is 13.2 Å². The maximum absolute atomic E-state index is 13.8. The summed E-state index contributed by atoms with van der Waals surface area (Å²) < 4.78 is 60.2. The van der Waals surface area contributed by atoms with E-state index in [1.165, 1.54) is 94.5 Å². The van der Waals surface area contributed by atoms with Gasteiger partial charge in [0.2, 0.25) is 11.3 Å². The Morgan fingerprint density at radius 3 is 1.80 bits per heavy atom. The van der Waals surface area contributed by atoms with Crippen LogP contribution < -0.4 is 28.4 Å². The standard InChI is InChI=1S/C43H36O17/c1-6-37(44)55-26-12-8-23(9-13-26)40(46)59-35-21-31(27(20-34(35)52-5)43(49)60-36-22-54-30-16-17-53-39(30)36)58-42(48)25-11-15-29(33(19-25)51-4)57-41(47)24-10-14-28(32(18-24)50-3)56-38(45)7-2/h6-19,22,27,31,34-35H,1-2,20-21H2,3-5H3/t27?,31-,34-,35?/m1/s1. The Kier molecular flexibility index (Phi) is 13.1. The van der Waals surface area contributed by atoms with Crippen LogP contribution in [0.15, 0.2) is 113 Å². The van der Waals surface area contributed by atoms with Crippen LogP contribution in [0, 0.1) is 5.92 Å². The Balaban J connectivity index is 1.21. The minimum Gasteiger partial charge on any atom is -0.493 e. The quantitative estimate of drug-likeness (QED) is 0.0650. The van der Waals surface area contributed by atoms with Gasteiger partial charge in [0.1, 0.15) is 24.2 Å². The van der Waals surface area contributed by atoms with Crippen LogP contribution in [0.1, 0.15) is 43.9 Å². The van der Waals surface area contributed by atoms with Gasteiger partial charge < -0.3 is 51.5 Å². The molecule has 1 fully saturated rings. The van der Waals surface area contributed by atoms with Crippen molar-refractivity contribution in [2.24, 2.45) is 5.92 Å². The van der Waals surface area contributed by atoms with Crippen LogP contribution in [0.2, 0.25) is 0 Å². The van der Waals surface area contributed by atoms with E-state index in [1.807, 2.05) is 0 Å². The molecule has 17 heteroatoms. The molecule has 0 bridgehead atoms. The zero-order valence-electron chi connectivity index (χ0n) is 32.2. The van der Waals surface area contributed by atoms with Crippen molar-refractivity contribution in [3.63, 3.8) is 0 Å². The van der Waals surface area contributed by atoms with Crippen molar-refractivity contribution in [1.82, 2.24) is 0 Å². The molecule has 0 spiro atoms. The third kappa shape index (κ3) is 9.54. The molecule has 0 radical (unpaired) electrons. The van der Waals surface area contributed by atoms with Gasteiger partial charge in [-0.25, -0.2) is 24.0 Å². The number of hydrogen-bond acceptors (Lipinski definition) is 17. The van der Waals surface area contributed by atoms with Gasteiger partial charge >= 0.3 is 35.8 Å². The maximum Gasteiger partial charge on any atom is 0.343 e. The average molecular weight is 825 g/mol. The molecule has 60 heavy (non-hydrogen) atoms. The van der Waals surface area contributed by atoms with E-state index in [1.54, 1.807) is 6.07 Å². The third-order valence-electron chi connectivity index (χ3n) is 9.15. The number of hydrogen-bond donors (Lipinski definition) is 0. The summed E-state index contributed by atoms with van der Waals surface area (Å²) >= 11 is 0. The highest BCUT2D eigenvalue weighted by Gasteiger charge is 2.46. The summed E-state index contributed by atoms with van der Waals surface area (Å²) in [5.41, 5.74) is 0.612. The molecule has 5 aromatic rings. The lowest BCUT2D eigenvalue weighted by Crippen LogP contribution is -2.49. The first-order valence-electron chi connectivity index (χ1n) is 17.9. The fourth-order valence-electron chi connectivity index (χ4n) is 6.14. The summed E-state index contributed by atoms with van der Waals surface area (Å²) in [5.74, 6) is -5.69. The van der Waals surface area contributed by atoms with E-state index >= 15 is 0 Å². The number of esters is 6. The number of fused-ring (bicyclic) bond motifs is 1. The SMILES string of the molecule is C=CC(=O)Oc1ccc(C(=O)OC2C[C@@H](OC(=O)c3ccc(OC(=O)c4ccc(OC(=O)C=C)c(OC)c4)c(OC)c3)C(C(=O)Oc3coc4ccoc34)C[C@H]2OC)cc1. The van der Waals surface area contributed by atoms with Crippen LogP contribution in [-0.2, 0) is 28.6 Å². The highest BCUT2D eigenvalue weighted by atomic mass is 16.6. The molecule has 6 rings (SSSR count). The Labute approximate surface area is 340 Å². The monoisotopic (exact) mass is 824 g/mol. The molecule has 2 heterocycles. The van der Waals surface area contributed by atoms with Crippen LogP contribution in [0.25, 0.3) is 11.2 Å². The second kappa shape index (κ2) is 18.7. The molecule has 1 aliphatic rings. The van der Waals surface area contributed by atoms with Crippen LogP contribution >= 0.6 is 0 Å². The highest BCUT2D eigenvalue weighted by molar-refractivity contribution is 5.94. The lowest BCUT2D eigenvalue weighted by molar-refractivity contribution is -0.154. The Morgan fingerprint density at radius 2 is 1.17 bits per heavy atom. The minimum atomic E-state index is -1.24. The van der Waals surface area contributed by atoms with Crippen LogP contribution in [0.3, 0.4) is 0 Å². The molecule has 0 aliphatic heterocycles. The van der Waals surface area contributed by atoms with E-state index in [-0.39, 0.29) is 69.6 Å². The van der Waals surface area contributed by atoms with Gasteiger partial charge in [-0.2, -0.15) is 0 Å². The van der Waals surface area contributed by atoms with Gasteiger partial charge in [0.25, 0.3) is 0 Å². The number of benzene rings is 3. The number of ether oxygens (including phenoxy) is 9. The first-order valence-corrected chi connectivity index (χ1v) is 17.9. The fraction of sp³-hybridized carbons (Fsp3) is 0.209. The predicted molar refractivity (Wildman–Crippen MR) is 205 cm³/mol. The van der Waals surface area contributed by atoms with Crippen LogP contribution in [0.5, 0.6) is 34.5 Å². The highest BCUT2D eigenvalue weighted by Crippen LogP contribution is 2.37. The molecule has 0 N–H and O–H groups in total. The third-order valence-corrected chi connectivity index (χ3v) is 9.15. The Bertz CT molecular complexity index is 2440. The summed E-state index contributed by atoms with van der Waals surface area (Å²) in [6, 6.07) is 15.0. The van der Waals surface area contributed by atoms with Gasteiger partial charge in [-0.05, 0) is 67.1 Å². The number of carbonyl (C=O) groups is 6. The van der Waals surface area contributed by atoms with Crippen LogP contribution in [-0.4, -0.2) is 75.5 Å². The van der Waals surface area contributed by atoms with Crippen molar-refractivity contribution in [2.75, 3.05) is 21.3 Å². The molecule has 0 amide bonds. The number of rotatable bonds is 15. The smallest absolute Gasteiger partial charge is 0.343 e. The Hall–Kier alpha value is -7.66. The largest absolute Gasteiger partial charge is 0.493 e. The topological polar surface area (TPSA) is 212 Å². The predicted octanol–water partition coefficient (Wildman–Crippen LogP) is 6.23. The normalized spacial score (nSPS) is 17.1. The summed E-state index contributed by atoms with van der Waals surface area (Å²) in [4.78, 5) is 77.2. The van der Waals surface area contributed by atoms with E-state index in [9.17, 15) is 28.8 Å². The average Bonchev–Trinajstić information content (AvgIpc) is 3.89. The van der Waals surface area contributed by atoms with Crippen molar-refractivity contribution >= 4 is 47.0 Å². The van der Waals surface area contributed by atoms with Crippen molar-refractivity contribution in [1.29, 1.82) is 0 Å². The summed E-state index contributed by atoms with van der Waals surface area (Å²) in [6.45, 7) is 6.69. The number of furan rings is 2. The number of methoxy groups -OCH3 is 3. The minimum absolute atomic E-state index is 0.00444. The zero-order valence-corrected chi connectivity index (χ0v) is 32.2. The fourth-order valence-corrected chi connectivity index (χ4v) is 6.14. The number of carbonyl (C=O) groups excluding carboxylic acids is 6. The summed E-state index contributed by atoms with van der Waals surface area (Å²) in [6.07, 6.45) is 1.10. The van der Waals surface area contributed by atoms with E-state index in [0.29, 0.717) is 5.58 Å². The van der Waals surface area contributed by atoms with Gasteiger partial charge in [0.15, 0.2) is 28.6 Å². The molecule has 310 valence electrons. The molecule has 4 atom stereocenters. The van der Waals surface area contributed by atoms with Gasteiger partial charge in [-0.1, -0.05) is 13.2 Å². The lowest BCUT2D eigenvalue weighted by Gasteiger charge is -2.38. The van der Waals surface area contributed by atoms with Gasteiger partial charge in [0, 0.05) is 31.7 Å². The first-order chi connectivity index (χ1) is 28.9. The maximum atomic E-state index is 13.8. The molecular weight excluding hydrogens is 788 g/mol. The van der Waals surface area contributed by atoms with E-state index < -0.39 is 60.0 Å². The second-order valence-electron chi connectivity index (χ2n) is 12.8. The molecule has 0 saturated heterocycles. The first kappa shape index (κ1) is 42.0. The zero-order chi connectivity index (χ0) is 42.9. The molecular formula is C43H36O17. The van der Waals surface area contributed by atoms with E-state index in [4.69, 9.17) is 51.5 Å². The molecule has 1 saturated carbocycles. The van der Waals surface area contributed by atoms with E-state index in [0.717, 1.165) is 12.2 Å².